The Labute approximate surface area is 173 Å². The number of aryl methyl sites for hydroxylation is 2. The summed E-state index contributed by atoms with van der Waals surface area (Å²) in [5, 5.41) is 0.565. The van der Waals surface area contributed by atoms with Crippen LogP contribution in [0.4, 0.5) is 0 Å². The van der Waals surface area contributed by atoms with Crippen LogP contribution in [0.1, 0.15) is 24.5 Å². The molecule has 148 valence electrons. The van der Waals surface area contributed by atoms with Crippen molar-refractivity contribution in [3.05, 3.63) is 58.6 Å². The Kier molecular flexibility index (Phi) is 5.36. The zero-order chi connectivity index (χ0) is 20.4. The number of fused-ring (bicyclic) bond motifs is 1. The fourth-order valence-corrected chi connectivity index (χ4v) is 2.97. The van der Waals surface area contributed by atoms with Gasteiger partial charge in [0, 0.05) is 10.6 Å². The Morgan fingerprint density at radius 2 is 1.90 bits per heavy atom. The fourth-order valence-electron chi connectivity index (χ4n) is 2.81. The number of oxazole rings is 1. The second-order valence-corrected chi connectivity index (χ2v) is 7.15. The molecule has 29 heavy (non-hydrogen) atoms. The van der Waals surface area contributed by atoms with Gasteiger partial charge in [0.25, 0.3) is 11.6 Å². The molecule has 0 unspecified atom stereocenters. The minimum atomic E-state index is 0.112. The van der Waals surface area contributed by atoms with Crippen molar-refractivity contribution in [1.82, 2.24) is 15.0 Å². The molecule has 0 saturated carbocycles. The topological polar surface area (TPSA) is 70.3 Å². The van der Waals surface area contributed by atoms with Crippen molar-refractivity contribution in [3.8, 4) is 29.1 Å². The molecule has 2 aromatic carbocycles. The van der Waals surface area contributed by atoms with Gasteiger partial charge in [-0.2, -0.15) is 9.97 Å². The van der Waals surface area contributed by atoms with E-state index in [1.807, 2.05) is 51.1 Å². The number of aromatic nitrogens is 3. The molecule has 0 aliphatic rings. The van der Waals surface area contributed by atoms with E-state index in [9.17, 15) is 0 Å². The Balaban J connectivity index is 1.78. The molecule has 2 aromatic heterocycles. The lowest BCUT2D eigenvalue weighted by Crippen LogP contribution is -2.01. The third-order valence-corrected chi connectivity index (χ3v) is 4.50. The summed E-state index contributed by atoms with van der Waals surface area (Å²) in [5.74, 6) is 1.35. The standard InChI is InChI=1S/C22H20ClN3O3/c1-4-10-27-20-18-21(29-19(24-18)15-7-5-6-13(2)11-15)26-22(25-20)28-17-12-16(23)9-8-14(17)3/h5-9,11-12H,4,10H2,1-3H3. The lowest BCUT2D eigenvalue weighted by atomic mass is 10.1. The Hall–Kier alpha value is -3.12. The van der Waals surface area contributed by atoms with Crippen LogP contribution in [-0.4, -0.2) is 21.6 Å². The first-order valence-corrected chi connectivity index (χ1v) is 9.73. The van der Waals surface area contributed by atoms with E-state index < -0.39 is 0 Å². The summed E-state index contributed by atoms with van der Waals surface area (Å²) in [6.45, 7) is 6.45. The summed E-state index contributed by atoms with van der Waals surface area (Å²) in [5.41, 5.74) is 3.64. The van der Waals surface area contributed by atoms with Crippen molar-refractivity contribution < 1.29 is 13.9 Å². The lowest BCUT2D eigenvalue weighted by Gasteiger charge is -2.09. The maximum atomic E-state index is 6.09. The summed E-state index contributed by atoms with van der Waals surface area (Å²) in [7, 11) is 0. The number of hydrogen-bond acceptors (Lipinski definition) is 6. The van der Waals surface area contributed by atoms with Gasteiger partial charge in [0.1, 0.15) is 5.75 Å². The molecular formula is C22H20ClN3O3. The monoisotopic (exact) mass is 409 g/mol. The second-order valence-electron chi connectivity index (χ2n) is 6.71. The normalized spacial score (nSPS) is 11.0. The van der Waals surface area contributed by atoms with E-state index in [1.54, 1.807) is 12.1 Å². The van der Waals surface area contributed by atoms with Gasteiger partial charge in [-0.3, -0.25) is 0 Å². The number of hydrogen-bond donors (Lipinski definition) is 0. The molecule has 6 nitrogen and oxygen atoms in total. The predicted octanol–water partition coefficient (Wildman–Crippen LogP) is 6.14. The third-order valence-electron chi connectivity index (χ3n) is 4.27. The molecule has 0 spiro atoms. The van der Waals surface area contributed by atoms with Crippen LogP contribution < -0.4 is 9.47 Å². The number of rotatable bonds is 6. The largest absolute Gasteiger partial charge is 0.476 e. The van der Waals surface area contributed by atoms with Gasteiger partial charge in [0.15, 0.2) is 5.52 Å². The number of halogens is 1. The van der Waals surface area contributed by atoms with Crippen molar-refractivity contribution in [1.29, 1.82) is 0 Å². The number of ether oxygens (including phenoxy) is 2. The van der Waals surface area contributed by atoms with E-state index in [2.05, 4.69) is 15.0 Å². The molecule has 0 radical (unpaired) electrons. The van der Waals surface area contributed by atoms with Gasteiger partial charge in [-0.25, -0.2) is 4.98 Å². The van der Waals surface area contributed by atoms with E-state index in [1.165, 1.54) is 0 Å². The van der Waals surface area contributed by atoms with Gasteiger partial charge in [-0.05, 0) is 50.1 Å². The Morgan fingerprint density at radius 1 is 1.03 bits per heavy atom. The Morgan fingerprint density at radius 3 is 2.69 bits per heavy atom. The van der Waals surface area contributed by atoms with Gasteiger partial charge in [0.05, 0.1) is 6.61 Å². The smallest absolute Gasteiger partial charge is 0.328 e. The van der Waals surface area contributed by atoms with Gasteiger partial charge in [-0.15, -0.1) is 0 Å². The zero-order valence-corrected chi connectivity index (χ0v) is 17.2. The van der Waals surface area contributed by atoms with Crippen LogP contribution in [0.3, 0.4) is 0 Å². The predicted molar refractivity (Wildman–Crippen MR) is 112 cm³/mol. The average molecular weight is 410 g/mol. The number of nitrogens with zero attached hydrogens (tertiary/aromatic N) is 3. The first-order chi connectivity index (χ1) is 14.0. The number of benzene rings is 2. The molecular weight excluding hydrogens is 390 g/mol. The third kappa shape index (κ3) is 4.17. The first kappa shape index (κ1) is 19.2. The van der Waals surface area contributed by atoms with Crippen LogP contribution in [0.2, 0.25) is 5.02 Å². The highest BCUT2D eigenvalue weighted by Crippen LogP contribution is 2.32. The molecule has 2 heterocycles. The van der Waals surface area contributed by atoms with Crippen molar-refractivity contribution >= 4 is 22.8 Å². The van der Waals surface area contributed by atoms with E-state index >= 15 is 0 Å². The second kappa shape index (κ2) is 8.09. The zero-order valence-electron chi connectivity index (χ0n) is 16.4. The van der Waals surface area contributed by atoms with Crippen LogP contribution in [0.25, 0.3) is 22.7 Å². The average Bonchev–Trinajstić information content (AvgIpc) is 3.13. The van der Waals surface area contributed by atoms with E-state index in [0.29, 0.717) is 40.4 Å². The summed E-state index contributed by atoms with van der Waals surface area (Å²) < 4.78 is 17.6. The summed E-state index contributed by atoms with van der Waals surface area (Å²) in [4.78, 5) is 13.4. The van der Waals surface area contributed by atoms with Crippen LogP contribution in [0, 0.1) is 13.8 Å². The highest BCUT2D eigenvalue weighted by molar-refractivity contribution is 6.30. The molecule has 4 rings (SSSR count). The maximum absolute atomic E-state index is 6.09. The summed E-state index contributed by atoms with van der Waals surface area (Å²) in [6.07, 6.45) is 0.831. The van der Waals surface area contributed by atoms with Gasteiger partial charge in [0.2, 0.25) is 5.89 Å². The molecule has 0 atom stereocenters. The SMILES string of the molecule is CCCOc1nc(Oc2cc(Cl)ccc2C)nc2oc(-c3cccc(C)c3)nc12. The molecule has 7 heteroatoms. The molecule has 0 amide bonds. The van der Waals surface area contributed by atoms with Gasteiger partial charge in [-0.1, -0.05) is 42.3 Å². The molecule has 4 aromatic rings. The highest BCUT2D eigenvalue weighted by atomic mass is 35.5. The minimum absolute atomic E-state index is 0.112. The summed E-state index contributed by atoms with van der Waals surface area (Å²) in [6, 6.07) is 13.4. The quantitative estimate of drug-likeness (QED) is 0.381. The first-order valence-electron chi connectivity index (χ1n) is 9.36. The van der Waals surface area contributed by atoms with Gasteiger partial charge < -0.3 is 13.9 Å². The van der Waals surface area contributed by atoms with E-state index in [-0.39, 0.29) is 6.01 Å². The molecule has 0 fully saturated rings. The van der Waals surface area contributed by atoms with Crippen molar-refractivity contribution in [3.63, 3.8) is 0 Å². The van der Waals surface area contributed by atoms with Crippen molar-refractivity contribution in [2.24, 2.45) is 0 Å². The highest BCUT2D eigenvalue weighted by Gasteiger charge is 2.19. The lowest BCUT2D eigenvalue weighted by molar-refractivity contribution is 0.302. The fraction of sp³-hybridized carbons (Fsp3) is 0.227. The summed E-state index contributed by atoms with van der Waals surface area (Å²) >= 11 is 6.09. The molecule has 0 saturated heterocycles. The minimum Gasteiger partial charge on any atom is -0.476 e. The van der Waals surface area contributed by atoms with E-state index in [0.717, 1.165) is 23.1 Å². The van der Waals surface area contributed by atoms with Gasteiger partial charge >= 0.3 is 6.01 Å². The van der Waals surface area contributed by atoms with Crippen LogP contribution in [0.5, 0.6) is 17.6 Å². The molecule has 0 aliphatic carbocycles. The molecule has 0 aliphatic heterocycles. The van der Waals surface area contributed by atoms with Crippen LogP contribution in [-0.2, 0) is 0 Å². The molecule has 0 N–H and O–H groups in total. The van der Waals surface area contributed by atoms with Crippen LogP contribution >= 0.6 is 11.6 Å². The van der Waals surface area contributed by atoms with Crippen LogP contribution in [0.15, 0.2) is 46.9 Å². The van der Waals surface area contributed by atoms with Crippen molar-refractivity contribution in [2.75, 3.05) is 6.61 Å². The maximum Gasteiger partial charge on any atom is 0.328 e. The van der Waals surface area contributed by atoms with Crippen molar-refractivity contribution in [2.45, 2.75) is 27.2 Å². The molecule has 0 bridgehead atoms. The van der Waals surface area contributed by atoms with E-state index in [4.69, 9.17) is 25.5 Å². The Bertz CT molecular complexity index is 1170.